The second kappa shape index (κ2) is 8.42. The van der Waals surface area contributed by atoms with Crippen LogP contribution in [0.15, 0.2) is 48.6 Å². The average Bonchev–Trinajstić information content (AvgIpc) is 2.45. The molecule has 5 heteroatoms. The smallest absolute Gasteiger partial charge is 0.265 e. The summed E-state index contributed by atoms with van der Waals surface area (Å²) in [6.45, 7) is 1.34. The highest BCUT2D eigenvalue weighted by atomic mass is 16.2. The Labute approximate surface area is 117 Å². The third-order valence-electron chi connectivity index (χ3n) is 2.27. The molecule has 0 atom stereocenters. The van der Waals surface area contributed by atoms with E-state index in [1.165, 1.54) is 18.2 Å². The van der Waals surface area contributed by atoms with Crippen LogP contribution in [0.4, 0.5) is 0 Å². The number of hydrogen-bond donors (Lipinski definition) is 1. The lowest BCUT2D eigenvalue weighted by molar-refractivity contribution is -0.134. The van der Waals surface area contributed by atoms with Gasteiger partial charge in [0.1, 0.15) is 6.54 Å². The van der Waals surface area contributed by atoms with Crippen LogP contribution in [0.1, 0.15) is 12.5 Å². The van der Waals surface area contributed by atoms with Gasteiger partial charge in [-0.2, -0.15) is 0 Å². The number of hydrazine groups is 1. The van der Waals surface area contributed by atoms with Crippen LogP contribution in [0.25, 0.3) is 6.08 Å². The van der Waals surface area contributed by atoms with Crippen molar-refractivity contribution in [1.29, 1.82) is 0 Å². The Morgan fingerprint density at radius 1 is 1.25 bits per heavy atom. The number of hydrogen-bond acceptors (Lipinski definition) is 3. The number of allylic oxidation sites excluding steroid dienone is 1. The van der Waals surface area contributed by atoms with E-state index < -0.39 is 11.8 Å². The molecular weight excluding hydrogens is 256 g/mol. The van der Waals surface area contributed by atoms with Gasteiger partial charge in [-0.05, 0) is 18.6 Å². The number of carbonyl (C=O) groups is 2. The maximum absolute atomic E-state index is 11.9. The van der Waals surface area contributed by atoms with Gasteiger partial charge in [0.25, 0.3) is 11.8 Å². The largest absolute Gasteiger partial charge is 0.289 e. The number of rotatable bonds is 5. The Kier molecular flexibility index (Phi) is 6.47. The minimum absolute atomic E-state index is 0.332. The molecule has 20 heavy (non-hydrogen) atoms. The van der Waals surface area contributed by atoms with E-state index in [1.54, 1.807) is 19.3 Å². The summed E-state index contributed by atoms with van der Waals surface area (Å²) >= 11 is 0. The third kappa shape index (κ3) is 5.30. The number of benzene rings is 1. The highest BCUT2D eigenvalue weighted by Gasteiger charge is 2.12. The monoisotopic (exact) mass is 271 g/mol. The maximum Gasteiger partial charge on any atom is 0.265 e. The molecule has 1 aromatic carbocycles. The van der Waals surface area contributed by atoms with Gasteiger partial charge in [-0.25, -0.2) is 5.01 Å². The highest BCUT2D eigenvalue weighted by molar-refractivity contribution is 5.95. The van der Waals surface area contributed by atoms with Gasteiger partial charge < -0.3 is 0 Å². The zero-order chi connectivity index (χ0) is 14.8. The Bertz CT molecular complexity index is 521. The first-order chi connectivity index (χ1) is 9.67. The predicted molar refractivity (Wildman–Crippen MR) is 75.8 cm³/mol. The lowest BCUT2D eigenvalue weighted by atomic mass is 10.2. The second-order valence-electron chi connectivity index (χ2n) is 3.79. The molecule has 0 spiro atoms. The molecule has 5 nitrogen and oxygen atoms in total. The topological polar surface area (TPSA) is 66.5 Å². The van der Waals surface area contributed by atoms with E-state index >= 15 is 0 Å². The summed E-state index contributed by atoms with van der Waals surface area (Å²) in [5.74, 6) is -0.987. The van der Waals surface area contributed by atoms with Gasteiger partial charge in [0.15, 0.2) is 0 Å². The molecule has 1 radical (unpaired) electrons. The van der Waals surface area contributed by atoms with Gasteiger partial charge in [0, 0.05) is 12.2 Å². The lowest BCUT2D eigenvalue weighted by Crippen LogP contribution is -2.45. The fraction of sp³-hybridized carbons (Fsp3) is 0.133. The van der Waals surface area contributed by atoms with E-state index in [-0.39, 0.29) is 6.54 Å². The Morgan fingerprint density at radius 3 is 2.55 bits per heavy atom. The molecular formula is C15H15N2O3. The van der Waals surface area contributed by atoms with Crippen LogP contribution in [-0.4, -0.2) is 29.7 Å². The van der Waals surface area contributed by atoms with Gasteiger partial charge in [-0.1, -0.05) is 36.4 Å². The van der Waals surface area contributed by atoms with Crippen LogP contribution in [0.5, 0.6) is 0 Å². The molecule has 1 N–H and O–H groups in total. The van der Waals surface area contributed by atoms with Crippen LogP contribution >= 0.6 is 0 Å². The summed E-state index contributed by atoms with van der Waals surface area (Å²) in [6.07, 6.45) is 7.24. The van der Waals surface area contributed by atoms with Crippen molar-refractivity contribution in [2.45, 2.75) is 6.92 Å². The van der Waals surface area contributed by atoms with Crippen molar-refractivity contribution in [2.75, 3.05) is 6.54 Å². The van der Waals surface area contributed by atoms with E-state index in [1.807, 2.05) is 30.3 Å². The van der Waals surface area contributed by atoms with Crippen molar-refractivity contribution < 1.29 is 14.4 Å². The Morgan fingerprint density at radius 2 is 1.95 bits per heavy atom. The van der Waals surface area contributed by atoms with Crippen molar-refractivity contribution in [3.63, 3.8) is 0 Å². The minimum atomic E-state index is -0.505. The fourth-order valence-corrected chi connectivity index (χ4v) is 1.38. The molecule has 0 aliphatic rings. The molecule has 0 aliphatic heterocycles. The predicted octanol–water partition coefficient (Wildman–Crippen LogP) is 1.25. The molecule has 0 saturated heterocycles. The maximum atomic E-state index is 11.9. The van der Waals surface area contributed by atoms with Crippen molar-refractivity contribution in [3.05, 3.63) is 54.1 Å². The molecule has 103 valence electrons. The molecule has 0 unspecified atom stereocenters. The van der Waals surface area contributed by atoms with E-state index in [0.29, 0.717) is 0 Å². The van der Waals surface area contributed by atoms with E-state index in [0.717, 1.165) is 10.6 Å². The van der Waals surface area contributed by atoms with Crippen molar-refractivity contribution in [3.8, 4) is 0 Å². The van der Waals surface area contributed by atoms with Crippen LogP contribution in [-0.2, 0) is 14.4 Å². The van der Waals surface area contributed by atoms with Crippen LogP contribution in [0.2, 0.25) is 0 Å². The Balaban J connectivity index is 2.71. The van der Waals surface area contributed by atoms with E-state index in [9.17, 15) is 14.4 Å². The van der Waals surface area contributed by atoms with Crippen LogP contribution in [0.3, 0.4) is 0 Å². The van der Waals surface area contributed by atoms with E-state index in [2.05, 4.69) is 5.43 Å². The molecule has 1 rings (SSSR count). The van der Waals surface area contributed by atoms with Crippen molar-refractivity contribution in [2.24, 2.45) is 0 Å². The quantitative estimate of drug-likeness (QED) is 0.647. The Hall–Kier alpha value is -2.69. The summed E-state index contributed by atoms with van der Waals surface area (Å²) in [5.41, 5.74) is 3.14. The van der Waals surface area contributed by atoms with Crippen molar-refractivity contribution in [1.82, 2.24) is 10.4 Å². The summed E-state index contributed by atoms with van der Waals surface area (Å²) in [4.78, 5) is 33.6. The molecule has 0 heterocycles. The van der Waals surface area contributed by atoms with Gasteiger partial charge in [-0.3, -0.25) is 19.8 Å². The van der Waals surface area contributed by atoms with E-state index in [4.69, 9.17) is 0 Å². The first-order valence-electron chi connectivity index (χ1n) is 6.00. The first kappa shape index (κ1) is 15.4. The zero-order valence-electron chi connectivity index (χ0n) is 11.1. The van der Waals surface area contributed by atoms with Crippen LogP contribution in [0, 0.1) is 0 Å². The fourth-order valence-electron chi connectivity index (χ4n) is 1.38. The first-order valence-corrected chi connectivity index (χ1v) is 6.00. The number of carbonyl (C=O) groups excluding carboxylic acids is 3. The van der Waals surface area contributed by atoms with Gasteiger partial charge >= 0.3 is 0 Å². The average molecular weight is 271 g/mol. The summed E-state index contributed by atoms with van der Waals surface area (Å²) in [6, 6.07) is 9.21. The second-order valence-corrected chi connectivity index (χ2v) is 3.79. The minimum Gasteiger partial charge on any atom is -0.289 e. The van der Waals surface area contributed by atoms with Gasteiger partial charge in [-0.15, -0.1) is 0 Å². The molecule has 0 bridgehead atoms. The molecule has 0 saturated carbocycles. The lowest BCUT2D eigenvalue weighted by Gasteiger charge is -2.17. The summed E-state index contributed by atoms with van der Waals surface area (Å²) in [7, 11) is 0. The third-order valence-corrected chi connectivity index (χ3v) is 2.27. The van der Waals surface area contributed by atoms with Crippen LogP contribution < -0.4 is 5.43 Å². The molecule has 1 aromatic rings. The number of amides is 2. The standard InChI is InChI=1S/C15H15N2O3/c1-2-6-14(19)16-17(11-12-18)15(20)10-9-13-7-4-3-5-8-13/h2-10H,11H2,1H3,(H,16,19)/b6-2+,10-9?. The van der Waals surface area contributed by atoms with Gasteiger partial charge in [0.05, 0.1) is 0 Å². The normalized spacial score (nSPS) is 10.7. The molecule has 2 amide bonds. The SMILES string of the molecule is C/C=C/C(=O)NN(C[C]=O)C(=O)C=Cc1ccccc1. The molecule has 0 aromatic heterocycles. The number of nitrogens with zero attached hydrogens (tertiary/aromatic N) is 1. The summed E-state index contributed by atoms with van der Waals surface area (Å²) < 4.78 is 0. The highest BCUT2D eigenvalue weighted by Crippen LogP contribution is 2.01. The zero-order valence-corrected chi connectivity index (χ0v) is 11.1. The molecule has 0 aliphatic carbocycles. The summed E-state index contributed by atoms with van der Waals surface area (Å²) in [5, 5.41) is 0.898. The van der Waals surface area contributed by atoms with Gasteiger partial charge in [0.2, 0.25) is 6.29 Å². The molecule has 0 fully saturated rings. The number of nitrogens with one attached hydrogen (secondary N) is 1. The van der Waals surface area contributed by atoms with Crippen molar-refractivity contribution >= 4 is 24.2 Å².